The Labute approximate surface area is 160 Å². The summed E-state index contributed by atoms with van der Waals surface area (Å²) in [6.07, 6.45) is 5.74. The van der Waals surface area contributed by atoms with E-state index in [9.17, 15) is 4.79 Å². The van der Waals surface area contributed by atoms with E-state index in [1.54, 1.807) is 0 Å². The third-order valence-corrected chi connectivity index (χ3v) is 5.80. The zero-order valence-electron chi connectivity index (χ0n) is 16.2. The predicted molar refractivity (Wildman–Crippen MR) is 108 cm³/mol. The average molecular weight is 361 g/mol. The number of fused-ring (bicyclic) bond motifs is 1. The molecule has 0 atom stereocenters. The zero-order valence-corrected chi connectivity index (χ0v) is 16.2. The molecule has 4 nitrogen and oxygen atoms in total. The van der Waals surface area contributed by atoms with E-state index >= 15 is 0 Å². The number of amides is 1. The van der Waals surface area contributed by atoms with Crippen LogP contribution < -0.4 is 0 Å². The number of aromatic nitrogens is 2. The van der Waals surface area contributed by atoms with Gasteiger partial charge in [-0.25, -0.2) is 4.98 Å². The Bertz CT molecular complexity index is 937. The highest BCUT2D eigenvalue weighted by Crippen LogP contribution is 2.23. The third kappa shape index (κ3) is 3.75. The number of hydrogen-bond donors (Lipinski definition) is 0. The maximum absolute atomic E-state index is 12.9. The lowest BCUT2D eigenvalue weighted by molar-refractivity contribution is -0.131. The summed E-state index contributed by atoms with van der Waals surface area (Å²) >= 11 is 0. The Morgan fingerprint density at radius 1 is 1.07 bits per heavy atom. The number of pyridine rings is 1. The number of hydrogen-bond acceptors (Lipinski definition) is 2. The number of piperidine rings is 1. The van der Waals surface area contributed by atoms with Gasteiger partial charge >= 0.3 is 0 Å². The van der Waals surface area contributed by atoms with Crippen molar-refractivity contribution in [2.75, 3.05) is 13.1 Å². The molecule has 0 spiro atoms. The average Bonchev–Trinajstić information content (AvgIpc) is 3.00. The summed E-state index contributed by atoms with van der Waals surface area (Å²) in [6.45, 7) is 5.79. The number of imidazole rings is 1. The van der Waals surface area contributed by atoms with E-state index in [2.05, 4.69) is 52.7 Å². The standard InChI is InChI=1S/C23H27N3O/c1-17-7-6-12-26-21(18(2)24-23(17)26)16-22(27)25-13-10-20(11-14-25)15-19-8-4-3-5-9-19/h3-9,12,20H,10-11,13-16H2,1-2H3. The lowest BCUT2D eigenvalue weighted by atomic mass is 9.90. The van der Waals surface area contributed by atoms with Gasteiger partial charge < -0.3 is 9.30 Å². The Balaban J connectivity index is 1.39. The molecule has 1 aliphatic rings. The SMILES string of the molecule is Cc1nc2c(C)cccn2c1CC(=O)N1CCC(Cc2ccccc2)CC1. The van der Waals surface area contributed by atoms with Crippen molar-refractivity contribution < 1.29 is 4.79 Å². The molecule has 0 saturated carbocycles. The molecule has 0 unspecified atom stereocenters. The van der Waals surface area contributed by atoms with Gasteiger partial charge in [0.05, 0.1) is 17.8 Å². The Morgan fingerprint density at radius 3 is 2.56 bits per heavy atom. The fourth-order valence-corrected chi connectivity index (χ4v) is 4.17. The number of nitrogens with zero attached hydrogens (tertiary/aromatic N) is 3. The summed E-state index contributed by atoms with van der Waals surface area (Å²) in [7, 11) is 0. The second-order valence-electron chi connectivity index (χ2n) is 7.72. The van der Waals surface area contributed by atoms with Crippen LogP contribution in [0.25, 0.3) is 5.65 Å². The number of aryl methyl sites for hydroxylation is 2. The van der Waals surface area contributed by atoms with Crippen LogP contribution in [0.1, 0.15) is 35.4 Å². The van der Waals surface area contributed by atoms with Gasteiger partial charge in [-0.15, -0.1) is 0 Å². The molecule has 1 saturated heterocycles. The molecule has 1 amide bonds. The van der Waals surface area contributed by atoms with Crippen molar-refractivity contribution in [1.29, 1.82) is 0 Å². The highest BCUT2D eigenvalue weighted by Gasteiger charge is 2.24. The van der Waals surface area contributed by atoms with E-state index in [0.29, 0.717) is 12.3 Å². The van der Waals surface area contributed by atoms with Crippen LogP contribution in [0.3, 0.4) is 0 Å². The number of carbonyl (C=O) groups is 1. The molecule has 3 heterocycles. The lowest BCUT2D eigenvalue weighted by Gasteiger charge is -2.32. The third-order valence-electron chi connectivity index (χ3n) is 5.80. The second kappa shape index (κ2) is 7.55. The molecule has 0 bridgehead atoms. The number of benzene rings is 1. The number of rotatable bonds is 4. The van der Waals surface area contributed by atoms with Gasteiger partial charge in [0, 0.05) is 19.3 Å². The van der Waals surface area contributed by atoms with E-state index in [-0.39, 0.29) is 5.91 Å². The van der Waals surface area contributed by atoms with Crippen LogP contribution in [-0.2, 0) is 17.6 Å². The van der Waals surface area contributed by atoms with Gasteiger partial charge in [0.25, 0.3) is 0 Å². The molecule has 140 valence electrons. The van der Waals surface area contributed by atoms with E-state index in [4.69, 9.17) is 0 Å². The van der Waals surface area contributed by atoms with Crippen molar-refractivity contribution in [3.8, 4) is 0 Å². The Kier molecular flexibility index (Phi) is 4.97. The quantitative estimate of drug-likeness (QED) is 0.705. The molecular formula is C23H27N3O. The first-order valence-electron chi connectivity index (χ1n) is 9.86. The molecule has 2 aromatic heterocycles. The maximum atomic E-state index is 12.9. The van der Waals surface area contributed by atoms with Crippen LogP contribution >= 0.6 is 0 Å². The summed E-state index contributed by atoms with van der Waals surface area (Å²) in [6, 6.07) is 14.8. The van der Waals surface area contributed by atoms with Crippen LogP contribution in [0.15, 0.2) is 48.7 Å². The second-order valence-corrected chi connectivity index (χ2v) is 7.72. The topological polar surface area (TPSA) is 37.6 Å². The highest BCUT2D eigenvalue weighted by atomic mass is 16.2. The summed E-state index contributed by atoms with van der Waals surface area (Å²) in [5.74, 6) is 0.899. The fraction of sp³-hybridized carbons (Fsp3) is 0.391. The van der Waals surface area contributed by atoms with Gasteiger partial charge in [-0.2, -0.15) is 0 Å². The van der Waals surface area contributed by atoms with Crippen molar-refractivity contribution in [2.24, 2.45) is 5.92 Å². The largest absolute Gasteiger partial charge is 0.342 e. The van der Waals surface area contributed by atoms with Crippen LogP contribution in [0.4, 0.5) is 0 Å². The van der Waals surface area contributed by atoms with Gasteiger partial charge in [-0.3, -0.25) is 4.79 Å². The Hall–Kier alpha value is -2.62. The first-order valence-corrected chi connectivity index (χ1v) is 9.86. The first kappa shape index (κ1) is 17.8. The van der Waals surface area contributed by atoms with E-state index in [1.165, 1.54) is 5.56 Å². The predicted octanol–water partition coefficient (Wildman–Crippen LogP) is 3.97. The van der Waals surface area contributed by atoms with Gasteiger partial charge in [-0.05, 0) is 56.2 Å². The van der Waals surface area contributed by atoms with E-state index in [1.807, 2.05) is 24.1 Å². The van der Waals surface area contributed by atoms with Crippen LogP contribution in [0, 0.1) is 19.8 Å². The van der Waals surface area contributed by atoms with Crippen LogP contribution in [0.5, 0.6) is 0 Å². The summed E-state index contributed by atoms with van der Waals surface area (Å²) in [5, 5.41) is 0. The molecular weight excluding hydrogens is 334 g/mol. The molecule has 0 N–H and O–H groups in total. The molecule has 4 heteroatoms. The summed E-state index contributed by atoms with van der Waals surface area (Å²) in [4.78, 5) is 19.6. The molecule has 27 heavy (non-hydrogen) atoms. The minimum Gasteiger partial charge on any atom is -0.342 e. The van der Waals surface area contributed by atoms with Crippen molar-refractivity contribution in [3.63, 3.8) is 0 Å². The van der Waals surface area contributed by atoms with E-state index < -0.39 is 0 Å². The van der Waals surface area contributed by atoms with Crippen molar-refractivity contribution in [1.82, 2.24) is 14.3 Å². The molecule has 0 aliphatic carbocycles. The van der Waals surface area contributed by atoms with Crippen LogP contribution in [-0.4, -0.2) is 33.3 Å². The molecule has 3 aromatic rings. The molecule has 1 aliphatic heterocycles. The number of carbonyl (C=O) groups excluding carboxylic acids is 1. The summed E-state index contributed by atoms with van der Waals surface area (Å²) < 4.78 is 2.07. The van der Waals surface area contributed by atoms with Gasteiger partial charge in [0.1, 0.15) is 5.65 Å². The van der Waals surface area contributed by atoms with Gasteiger partial charge in [0.15, 0.2) is 0 Å². The highest BCUT2D eigenvalue weighted by molar-refractivity contribution is 5.79. The lowest BCUT2D eigenvalue weighted by Crippen LogP contribution is -2.40. The molecule has 0 radical (unpaired) electrons. The smallest absolute Gasteiger partial charge is 0.228 e. The summed E-state index contributed by atoms with van der Waals surface area (Å²) in [5.41, 5.74) is 5.47. The van der Waals surface area contributed by atoms with Crippen LogP contribution in [0.2, 0.25) is 0 Å². The fourth-order valence-electron chi connectivity index (χ4n) is 4.17. The number of likely N-dealkylation sites (tertiary alicyclic amines) is 1. The maximum Gasteiger partial charge on any atom is 0.228 e. The normalized spacial score (nSPS) is 15.4. The molecule has 1 fully saturated rings. The van der Waals surface area contributed by atoms with E-state index in [0.717, 1.165) is 55.0 Å². The van der Waals surface area contributed by atoms with Gasteiger partial charge in [-0.1, -0.05) is 36.4 Å². The van der Waals surface area contributed by atoms with Crippen molar-refractivity contribution in [3.05, 3.63) is 71.2 Å². The molecule has 1 aromatic carbocycles. The minimum atomic E-state index is 0.222. The monoisotopic (exact) mass is 361 g/mol. The Morgan fingerprint density at radius 2 is 1.81 bits per heavy atom. The first-order chi connectivity index (χ1) is 13.1. The van der Waals surface area contributed by atoms with Crippen molar-refractivity contribution >= 4 is 11.6 Å². The minimum absolute atomic E-state index is 0.222. The zero-order chi connectivity index (χ0) is 18.8. The molecule has 4 rings (SSSR count). The van der Waals surface area contributed by atoms with Crippen molar-refractivity contribution in [2.45, 2.75) is 39.5 Å². The van der Waals surface area contributed by atoms with Gasteiger partial charge in [0.2, 0.25) is 5.91 Å².